The summed E-state index contributed by atoms with van der Waals surface area (Å²) in [5, 5.41) is 3.42. The lowest BCUT2D eigenvalue weighted by atomic mass is 10.2. The Balaban J connectivity index is 1.53. The number of carbonyl (C=O) groups is 1. The van der Waals surface area contributed by atoms with E-state index < -0.39 is 0 Å². The van der Waals surface area contributed by atoms with Crippen molar-refractivity contribution in [3.8, 4) is 0 Å². The molecule has 3 heterocycles. The first-order chi connectivity index (χ1) is 10.3. The van der Waals surface area contributed by atoms with Gasteiger partial charge in [-0.1, -0.05) is 6.07 Å². The van der Waals surface area contributed by atoms with Crippen LogP contribution in [0.5, 0.6) is 0 Å². The number of nitrogens with zero attached hydrogens (tertiary/aromatic N) is 3. The fourth-order valence-corrected chi connectivity index (χ4v) is 2.58. The highest BCUT2D eigenvalue weighted by Gasteiger charge is 2.26. The quantitative estimate of drug-likeness (QED) is 0.928. The molecule has 0 radical (unpaired) electrons. The Morgan fingerprint density at radius 1 is 1.24 bits per heavy atom. The molecule has 1 saturated heterocycles. The zero-order chi connectivity index (χ0) is 14.5. The minimum atomic E-state index is 0.165. The number of nitrogens with one attached hydrogen (secondary N) is 1. The molecule has 0 aromatic carbocycles. The number of pyridine rings is 2. The molecule has 1 aliphatic rings. The van der Waals surface area contributed by atoms with Gasteiger partial charge < -0.3 is 10.2 Å². The summed E-state index contributed by atoms with van der Waals surface area (Å²) in [5.41, 5.74) is 1.97. The number of hydrogen-bond acceptors (Lipinski definition) is 4. The predicted octanol–water partition coefficient (Wildman–Crippen LogP) is 1.73. The lowest BCUT2D eigenvalue weighted by Gasteiger charge is -2.17. The highest BCUT2D eigenvalue weighted by molar-refractivity contribution is 5.79. The number of amides is 1. The number of likely N-dealkylation sites (tertiary alicyclic amines) is 1. The summed E-state index contributed by atoms with van der Waals surface area (Å²) in [7, 11) is 0. The van der Waals surface area contributed by atoms with Crippen molar-refractivity contribution in [3.05, 3.63) is 54.6 Å². The molecule has 1 fully saturated rings. The molecule has 1 aliphatic heterocycles. The van der Waals surface area contributed by atoms with Gasteiger partial charge in [0, 0.05) is 43.9 Å². The molecule has 2 aromatic rings. The van der Waals surface area contributed by atoms with Crippen molar-refractivity contribution in [1.29, 1.82) is 0 Å². The third kappa shape index (κ3) is 3.56. The molecule has 0 bridgehead atoms. The van der Waals surface area contributed by atoms with Gasteiger partial charge in [0.2, 0.25) is 5.91 Å². The smallest absolute Gasteiger partial charge is 0.227 e. The molecule has 108 valence electrons. The molecule has 5 nitrogen and oxygen atoms in total. The molecule has 1 atom stereocenters. The van der Waals surface area contributed by atoms with Crippen molar-refractivity contribution in [3.63, 3.8) is 0 Å². The second kappa shape index (κ2) is 6.35. The summed E-state index contributed by atoms with van der Waals surface area (Å²) >= 11 is 0. The minimum Gasteiger partial charge on any atom is -0.379 e. The Kier molecular flexibility index (Phi) is 4.09. The second-order valence-corrected chi connectivity index (χ2v) is 5.25. The van der Waals surface area contributed by atoms with Gasteiger partial charge in [0.25, 0.3) is 0 Å². The van der Waals surface area contributed by atoms with Crippen LogP contribution in [0.1, 0.15) is 12.0 Å². The largest absolute Gasteiger partial charge is 0.379 e. The first-order valence-electron chi connectivity index (χ1n) is 7.14. The fourth-order valence-electron chi connectivity index (χ4n) is 2.58. The summed E-state index contributed by atoms with van der Waals surface area (Å²) in [6.07, 6.45) is 8.42. The number of aromatic nitrogens is 2. The Bertz CT molecular complexity index is 588. The van der Waals surface area contributed by atoms with E-state index in [1.807, 2.05) is 29.2 Å². The molecule has 21 heavy (non-hydrogen) atoms. The van der Waals surface area contributed by atoms with Crippen LogP contribution in [0.2, 0.25) is 0 Å². The van der Waals surface area contributed by atoms with E-state index in [2.05, 4.69) is 15.3 Å². The van der Waals surface area contributed by atoms with Crippen LogP contribution in [0.3, 0.4) is 0 Å². The molecule has 0 aliphatic carbocycles. The molecular formula is C16H18N4O. The van der Waals surface area contributed by atoms with Gasteiger partial charge in [-0.15, -0.1) is 0 Å². The fraction of sp³-hybridized carbons (Fsp3) is 0.312. The molecule has 1 amide bonds. The molecular weight excluding hydrogens is 264 g/mol. The summed E-state index contributed by atoms with van der Waals surface area (Å²) in [6, 6.07) is 7.99. The van der Waals surface area contributed by atoms with Gasteiger partial charge in [-0.25, -0.2) is 0 Å². The van der Waals surface area contributed by atoms with Crippen molar-refractivity contribution in [2.75, 3.05) is 18.4 Å². The molecule has 3 rings (SSSR count). The van der Waals surface area contributed by atoms with Crippen LogP contribution in [0.15, 0.2) is 49.1 Å². The number of rotatable bonds is 4. The Labute approximate surface area is 124 Å². The van der Waals surface area contributed by atoms with Crippen LogP contribution in [-0.2, 0) is 11.2 Å². The normalized spacial score (nSPS) is 17.7. The van der Waals surface area contributed by atoms with Crippen LogP contribution in [0.25, 0.3) is 0 Å². The van der Waals surface area contributed by atoms with Crippen molar-refractivity contribution >= 4 is 11.6 Å². The Morgan fingerprint density at radius 3 is 2.76 bits per heavy atom. The maximum atomic E-state index is 12.3. The van der Waals surface area contributed by atoms with Gasteiger partial charge in [0.15, 0.2) is 0 Å². The average Bonchev–Trinajstić information content (AvgIpc) is 2.98. The van der Waals surface area contributed by atoms with Gasteiger partial charge in [-0.05, 0) is 30.2 Å². The topological polar surface area (TPSA) is 58.1 Å². The second-order valence-electron chi connectivity index (χ2n) is 5.25. The minimum absolute atomic E-state index is 0.165. The lowest BCUT2D eigenvalue weighted by molar-refractivity contribution is -0.129. The van der Waals surface area contributed by atoms with Crippen LogP contribution in [0, 0.1) is 0 Å². The third-order valence-electron chi connectivity index (χ3n) is 3.65. The number of hydrogen-bond donors (Lipinski definition) is 1. The monoisotopic (exact) mass is 282 g/mol. The Hall–Kier alpha value is -2.43. The molecule has 2 aromatic heterocycles. The maximum Gasteiger partial charge on any atom is 0.227 e. The van der Waals surface area contributed by atoms with E-state index in [-0.39, 0.29) is 5.91 Å². The van der Waals surface area contributed by atoms with Gasteiger partial charge in [0.1, 0.15) is 0 Å². The van der Waals surface area contributed by atoms with Gasteiger partial charge in [-0.3, -0.25) is 14.8 Å². The summed E-state index contributed by atoms with van der Waals surface area (Å²) in [5.74, 6) is 0.165. The number of anilines is 1. The van der Waals surface area contributed by atoms with Crippen molar-refractivity contribution < 1.29 is 4.79 Å². The Morgan fingerprint density at radius 2 is 2.05 bits per heavy atom. The van der Waals surface area contributed by atoms with E-state index in [1.54, 1.807) is 24.8 Å². The molecule has 0 saturated carbocycles. The highest BCUT2D eigenvalue weighted by atomic mass is 16.2. The lowest BCUT2D eigenvalue weighted by Crippen LogP contribution is -2.32. The first kappa shape index (κ1) is 13.5. The SMILES string of the molecule is O=C(Cc1cccnc1)N1CCC(Nc2cccnc2)C1. The van der Waals surface area contributed by atoms with E-state index in [1.165, 1.54) is 0 Å². The summed E-state index contributed by atoms with van der Waals surface area (Å²) < 4.78 is 0. The molecule has 1 N–H and O–H groups in total. The van der Waals surface area contributed by atoms with Crippen molar-refractivity contribution in [1.82, 2.24) is 14.9 Å². The van der Waals surface area contributed by atoms with E-state index in [0.717, 1.165) is 30.8 Å². The van der Waals surface area contributed by atoms with Crippen LogP contribution in [-0.4, -0.2) is 39.9 Å². The van der Waals surface area contributed by atoms with Gasteiger partial charge in [-0.2, -0.15) is 0 Å². The van der Waals surface area contributed by atoms with Crippen molar-refractivity contribution in [2.45, 2.75) is 18.9 Å². The highest BCUT2D eigenvalue weighted by Crippen LogP contribution is 2.16. The maximum absolute atomic E-state index is 12.3. The number of carbonyl (C=O) groups excluding carboxylic acids is 1. The first-order valence-corrected chi connectivity index (χ1v) is 7.14. The molecule has 0 spiro atoms. The summed E-state index contributed by atoms with van der Waals surface area (Å²) in [4.78, 5) is 22.3. The van der Waals surface area contributed by atoms with Gasteiger partial charge >= 0.3 is 0 Å². The van der Waals surface area contributed by atoms with Crippen LogP contribution in [0.4, 0.5) is 5.69 Å². The molecule has 5 heteroatoms. The van der Waals surface area contributed by atoms with E-state index in [9.17, 15) is 4.79 Å². The third-order valence-corrected chi connectivity index (χ3v) is 3.65. The average molecular weight is 282 g/mol. The van der Waals surface area contributed by atoms with E-state index in [4.69, 9.17) is 0 Å². The van der Waals surface area contributed by atoms with Gasteiger partial charge in [0.05, 0.1) is 12.1 Å². The van der Waals surface area contributed by atoms with Crippen molar-refractivity contribution in [2.24, 2.45) is 0 Å². The predicted molar refractivity (Wildman–Crippen MR) is 80.8 cm³/mol. The standard InChI is InChI=1S/C16H18N4O/c21-16(9-13-3-1-6-17-10-13)20-8-5-15(12-20)19-14-4-2-7-18-11-14/h1-4,6-7,10-11,15,19H,5,8-9,12H2. The van der Waals surface area contributed by atoms with E-state index in [0.29, 0.717) is 12.5 Å². The zero-order valence-electron chi connectivity index (χ0n) is 11.8. The van der Waals surface area contributed by atoms with Crippen LogP contribution < -0.4 is 5.32 Å². The zero-order valence-corrected chi connectivity index (χ0v) is 11.8. The van der Waals surface area contributed by atoms with Crippen LogP contribution >= 0.6 is 0 Å². The molecule has 1 unspecified atom stereocenters. The summed E-state index contributed by atoms with van der Waals surface area (Å²) in [6.45, 7) is 1.55. The van der Waals surface area contributed by atoms with E-state index >= 15 is 0 Å².